The lowest BCUT2D eigenvalue weighted by molar-refractivity contribution is 0.317. The summed E-state index contributed by atoms with van der Waals surface area (Å²) in [6, 6.07) is 5.93. The summed E-state index contributed by atoms with van der Waals surface area (Å²) in [5.41, 5.74) is 1.13. The third-order valence-corrected chi connectivity index (χ3v) is 4.00. The highest BCUT2D eigenvalue weighted by atomic mass is 79.9. The van der Waals surface area contributed by atoms with Crippen LogP contribution in [0.2, 0.25) is 5.02 Å². The van der Waals surface area contributed by atoms with Gasteiger partial charge in [0, 0.05) is 24.2 Å². The topological polar surface area (TPSA) is 27.1 Å². The number of nitrogens with zero attached hydrogens (tertiary/aromatic N) is 2. The van der Waals surface area contributed by atoms with Gasteiger partial charge in [0.2, 0.25) is 0 Å². The SMILES string of the molecule is CCCOc1ccc(CCn2cc(Br)nc2CC)c(Cl)c1. The van der Waals surface area contributed by atoms with Crippen molar-refractivity contribution in [3.05, 3.63) is 45.4 Å². The van der Waals surface area contributed by atoms with Crippen LogP contribution in [0.5, 0.6) is 5.75 Å². The molecule has 0 bridgehead atoms. The summed E-state index contributed by atoms with van der Waals surface area (Å²) < 4.78 is 8.64. The Morgan fingerprint density at radius 1 is 1.33 bits per heavy atom. The average molecular weight is 372 g/mol. The van der Waals surface area contributed by atoms with E-state index in [1.165, 1.54) is 0 Å². The fourth-order valence-corrected chi connectivity index (χ4v) is 2.89. The molecule has 3 nitrogen and oxygen atoms in total. The van der Waals surface area contributed by atoms with Crippen LogP contribution in [0.1, 0.15) is 31.7 Å². The number of halogens is 2. The summed E-state index contributed by atoms with van der Waals surface area (Å²) in [5.74, 6) is 1.92. The molecule has 0 amide bonds. The van der Waals surface area contributed by atoms with Crippen molar-refractivity contribution in [2.45, 2.75) is 39.7 Å². The Morgan fingerprint density at radius 2 is 2.14 bits per heavy atom. The molecule has 0 radical (unpaired) electrons. The van der Waals surface area contributed by atoms with Crippen LogP contribution >= 0.6 is 27.5 Å². The maximum absolute atomic E-state index is 6.34. The van der Waals surface area contributed by atoms with Gasteiger partial charge in [-0.25, -0.2) is 4.98 Å². The van der Waals surface area contributed by atoms with Crippen molar-refractivity contribution >= 4 is 27.5 Å². The number of aromatic nitrogens is 2. The van der Waals surface area contributed by atoms with Gasteiger partial charge in [-0.2, -0.15) is 0 Å². The van der Waals surface area contributed by atoms with E-state index in [0.29, 0.717) is 0 Å². The summed E-state index contributed by atoms with van der Waals surface area (Å²) in [6.45, 7) is 5.79. The fourth-order valence-electron chi connectivity index (χ4n) is 2.18. The van der Waals surface area contributed by atoms with Crippen molar-refractivity contribution in [3.63, 3.8) is 0 Å². The van der Waals surface area contributed by atoms with E-state index in [9.17, 15) is 0 Å². The number of hydrogen-bond acceptors (Lipinski definition) is 2. The minimum atomic E-state index is 0.721. The molecular weight excluding hydrogens is 352 g/mol. The number of ether oxygens (including phenoxy) is 1. The van der Waals surface area contributed by atoms with Crippen molar-refractivity contribution in [1.82, 2.24) is 9.55 Å². The zero-order valence-electron chi connectivity index (χ0n) is 12.4. The van der Waals surface area contributed by atoms with Crippen LogP contribution in [-0.2, 0) is 19.4 Å². The predicted molar refractivity (Wildman–Crippen MR) is 90.2 cm³/mol. The smallest absolute Gasteiger partial charge is 0.124 e. The molecule has 0 saturated carbocycles. The summed E-state index contributed by atoms with van der Waals surface area (Å²) >= 11 is 9.76. The third-order valence-electron chi connectivity index (χ3n) is 3.27. The first-order chi connectivity index (χ1) is 10.1. The van der Waals surface area contributed by atoms with Crippen molar-refractivity contribution < 1.29 is 4.74 Å². The number of aryl methyl sites for hydroxylation is 3. The number of benzene rings is 1. The van der Waals surface area contributed by atoms with Crippen LogP contribution in [0.25, 0.3) is 0 Å². The Hall–Kier alpha value is -1.00. The molecule has 0 aliphatic rings. The summed E-state index contributed by atoms with van der Waals surface area (Å²) in [5, 5.41) is 0.765. The lowest BCUT2D eigenvalue weighted by atomic mass is 10.1. The Morgan fingerprint density at radius 3 is 2.81 bits per heavy atom. The summed E-state index contributed by atoms with van der Waals surface area (Å²) in [4.78, 5) is 4.44. The molecule has 1 aromatic heterocycles. The molecule has 0 aliphatic heterocycles. The zero-order valence-corrected chi connectivity index (χ0v) is 14.7. The first-order valence-electron chi connectivity index (χ1n) is 7.26. The lowest BCUT2D eigenvalue weighted by Crippen LogP contribution is -2.05. The molecule has 0 unspecified atom stereocenters. The first-order valence-corrected chi connectivity index (χ1v) is 8.44. The molecule has 0 fully saturated rings. The molecule has 0 N–H and O–H groups in total. The lowest BCUT2D eigenvalue weighted by Gasteiger charge is -2.10. The second-order valence-corrected chi connectivity index (χ2v) is 6.10. The molecule has 0 aliphatic carbocycles. The Labute approximate surface area is 139 Å². The van der Waals surface area contributed by atoms with E-state index in [-0.39, 0.29) is 0 Å². The molecule has 0 saturated heterocycles. The summed E-state index contributed by atoms with van der Waals surface area (Å²) in [7, 11) is 0. The van der Waals surface area contributed by atoms with E-state index in [0.717, 1.165) is 59.2 Å². The molecule has 0 atom stereocenters. The standard InChI is InChI=1S/C16H20BrClN2O/c1-3-9-21-13-6-5-12(14(18)10-13)7-8-20-11-15(17)19-16(20)4-2/h5-6,10-11H,3-4,7-9H2,1-2H3. The molecule has 2 aromatic rings. The van der Waals surface area contributed by atoms with E-state index in [2.05, 4.69) is 39.3 Å². The van der Waals surface area contributed by atoms with Gasteiger partial charge in [-0.3, -0.25) is 0 Å². The van der Waals surface area contributed by atoms with Gasteiger partial charge in [-0.05, 0) is 46.5 Å². The van der Waals surface area contributed by atoms with E-state index < -0.39 is 0 Å². The maximum atomic E-state index is 6.34. The highest BCUT2D eigenvalue weighted by Gasteiger charge is 2.07. The fraction of sp³-hybridized carbons (Fsp3) is 0.438. The maximum Gasteiger partial charge on any atom is 0.124 e. The Balaban J connectivity index is 2.02. The van der Waals surface area contributed by atoms with Crippen molar-refractivity contribution in [3.8, 4) is 5.75 Å². The quantitative estimate of drug-likeness (QED) is 0.692. The van der Waals surface area contributed by atoms with Crippen LogP contribution in [0.3, 0.4) is 0 Å². The van der Waals surface area contributed by atoms with Gasteiger partial charge in [0.15, 0.2) is 0 Å². The first kappa shape index (κ1) is 16.4. The van der Waals surface area contributed by atoms with Crippen LogP contribution in [0.15, 0.2) is 29.0 Å². The molecular formula is C16H20BrClN2O. The number of imidazole rings is 1. The second-order valence-electron chi connectivity index (χ2n) is 4.88. The van der Waals surface area contributed by atoms with Gasteiger partial charge in [-0.15, -0.1) is 0 Å². The molecule has 114 valence electrons. The normalized spacial score (nSPS) is 10.9. The predicted octanol–water partition coefficient (Wildman–Crippen LogP) is 4.89. The molecule has 1 heterocycles. The monoisotopic (exact) mass is 370 g/mol. The third kappa shape index (κ3) is 4.48. The van der Waals surface area contributed by atoms with Gasteiger partial charge >= 0.3 is 0 Å². The average Bonchev–Trinajstić information content (AvgIpc) is 2.84. The van der Waals surface area contributed by atoms with E-state index in [1.54, 1.807) is 0 Å². The highest BCUT2D eigenvalue weighted by molar-refractivity contribution is 9.10. The Bertz CT molecular complexity index is 598. The molecule has 2 rings (SSSR count). The van der Waals surface area contributed by atoms with Crippen molar-refractivity contribution in [2.24, 2.45) is 0 Å². The van der Waals surface area contributed by atoms with Gasteiger partial charge in [-0.1, -0.05) is 31.5 Å². The van der Waals surface area contributed by atoms with Crippen LogP contribution in [-0.4, -0.2) is 16.2 Å². The summed E-state index contributed by atoms with van der Waals surface area (Å²) in [6.07, 6.45) is 4.81. The number of hydrogen-bond donors (Lipinski definition) is 0. The largest absolute Gasteiger partial charge is 0.494 e. The minimum absolute atomic E-state index is 0.721. The van der Waals surface area contributed by atoms with Crippen LogP contribution in [0.4, 0.5) is 0 Å². The molecule has 21 heavy (non-hydrogen) atoms. The second kappa shape index (κ2) is 7.85. The minimum Gasteiger partial charge on any atom is -0.494 e. The highest BCUT2D eigenvalue weighted by Crippen LogP contribution is 2.24. The molecule has 1 aromatic carbocycles. The molecule has 5 heteroatoms. The van der Waals surface area contributed by atoms with Gasteiger partial charge in [0.05, 0.1) is 6.61 Å². The van der Waals surface area contributed by atoms with Crippen LogP contribution in [0, 0.1) is 0 Å². The van der Waals surface area contributed by atoms with E-state index in [4.69, 9.17) is 16.3 Å². The number of rotatable bonds is 7. The zero-order chi connectivity index (χ0) is 15.2. The van der Waals surface area contributed by atoms with Crippen molar-refractivity contribution in [2.75, 3.05) is 6.61 Å². The van der Waals surface area contributed by atoms with Gasteiger partial charge in [0.25, 0.3) is 0 Å². The van der Waals surface area contributed by atoms with Gasteiger partial charge in [0.1, 0.15) is 16.2 Å². The Kier molecular flexibility index (Phi) is 6.12. The van der Waals surface area contributed by atoms with Gasteiger partial charge < -0.3 is 9.30 Å². The van der Waals surface area contributed by atoms with Crippen molar-refractivity contribution in [1.29, 1.82) is 0 Å². The van der Waals surface area contributed by atoms with E-state index in [1.807, 2.05) is 24.4 Å². The van der Waals surface area contributed by atoms with Crippen LogP contribution < -0.4 is 4.74 Å². The van der Waals surface area contributed by atoms with E-state index >= 15 is 0 Å². The molecule has 0 spiro atoms.